The number of aromatic nitrogens is 1. The van der Waals surface area contributed by atoms with Crippen molar-refractivity contribution in [2.45, 2.75) is 18.3 Å². The topological polar surface area (TPSA) is 53.8 Å². The lowest BCUT2D eigenvalue weighted by atomic mass is 9.99. The predicted molar refractivity (Wildman–Crippen MR) is 98.1 cm³/mol. The maximum absolute atomic E-state index is 14.0. The van der Waals surface area contributed by atoms with Crippen molar-refractivity contribution in [2.24, 2.45) is 5.92 Å². The van der Waals surface area contributed by atoms with Crippen LogP contribution in [0.4, 0.5) is 13.2 Å². The molecular formula is C21H13F3N2OS. The number of hydrogen-bond donors (Lipinski definition) is 0. The van der Waals surface area contributed by atoms with E-state index in [2.05, 4.69) is 4.98 Å². The second-order valence-corrected chi connectivity index (χ2v) is 7.49. The zero-order valence-corrected chi connectivity index (χ0v) is 15.2. The van der Waals surface area contributed by atoms with Gasteiger partial charge in [-0.05, 0) is 36.1 Å². The molecule has 3 atom stereocenters. The lowest BCUT2D eigenvalue weighted by molar-refractivity contribution is -0.120. The molecule has 0 bridgehead atoms. The highest BCUT2D eigenvalue weighted by molar-refractivity contribution is 7.10. The number of hydrogen-bond acceptors (Lipinski definition) is 4. The molecule has 7 heteroatoms. The number of nitriles is 1. The van der Waals surface area contributed by atoms with Crippen molar-refractivity contribution < 1.29 is 18.0 Å². The van der Waals surface area contributed by atoms with E-state index in [1.54, 1.807) is 18.2 Å². The van der Waals surface area contributed by atoms with Crippen molar-refractivity contribution in [2.75, 3.05) is 0 Å². The Bertz CT molecular complexity index is 1080. The van der Waals surface area contributed by atoms with Crippen LogP contribution < -0.4 is 0 Å². The number of benzene rings is 2. The average molecular weight is 398 g/mol. The summed E-state index contributed by atoms with van der Waals surface area (Å²) >= 11 is 1.01. The third-order valence-corrected chi connectivity index (χ3v) is 5.77. The molecule has 3 nitrogen and oxygen atoms in total. The Morgan fingerprint density at radius 3 is 2.46 bits per heavy atom. The standard InChI is InChI=1S/C21H13F3N2OS/c22-15-5-2-1-4-11(15)12-8-13(12)20(27)14(9-25)21-26-18(10-28-21)19-16(23)6-3-7-17(19)24/h1-7,10,12-14H,8H2/t12-,13-,14+/m0/s1. The quantitative estimate of drug-likeness (QED) is 0.593. The second kappa shape index (κ2) is 7.21. The van der Waals surface area contributed by atoms with Crippen LogP contribution in [0, 0.1) is 34.7 Å². The van der Waals surface area contributed by atoms with Gasteiger partial charge in [0.15, 0.2) is 11.7 Å². The fourth-order valence-corrected chi connectivity index (χ4v) is 4.22. The van der Waals surface area contributed by atoms with Crippen LogP contribution in [0.5, 0.6) is 0 Å². The molecule has 0 radical (unpaired) electrons. The lowest BCUT2D eigenvalue weighted by Crippen LogP contribution is -2.14. The van der Waals surface area contributed by atoms with Gasteiger partial charge in [-0.25, -0.2) is 18.2 Å². The van der Waals surface area contributed by atoms with Gasteiger partial charge in [0, 0.05) is 11.3 Å². The molecule has 1 heterocycles. The SMILES string of the molecule is N#C[C@H](C(=O)[C@H]1C[C@H]1c1ccccc1F)c1nc(-c2c(F)cccc2F)cs1. The maximum Gasteiger partial charge on any atom is 0.160 e. The zero-order valence-electron chi connectivity index (χ0n) is 14.4. The van der Waals surface area contributed by atoms with E-state index in [1.165, 1.54) is 17.5 Å². The fraction of sp³-hybridized carbons (Fsp3) is 0.190. The summed E-state index contributed by atoms with van der Waals surface area (Å²) in [4.78, 5) is 16.9. The molecule has 2 aromatic carbocycles. The molecule has 3 aromatic rings. The van der Waals surface area contributed by atoms with Gasteiger partial charge in [-0.2, -0.15) is 5.26 Å². The predicted octanol–water partition coefficient (Wildman–Crippen LogP) is 5.21. The summed E-state index contributed by atoms with van der Waals surface area (Å²) in [5.74, 6) is -4.10. The summed E-state index contributed by atoms with van der Waals surface area (Å²) in [5.41, 5.74) is 0.223. The zero-order chi connectivity index (χ0) is 19.8. The number of nitrogens with zero attached hydrogens (tertiary/aromatic N) is 2. The molecule has 0 unspecified atom stereocenters. The van der Waals surface area contributed by atoms with Crippen LogP contribution in [-0.2, 0) is 4.79 Å². The van der Waals surface area contributed by atoms with Gasteiger partial charge >= 0.3 is 0 Å². The Morgan fingerprint density at radius 2 is 1.79 bits per heavy atom. The van der Waals surface area contributed by atoms with Gasteiger partial charge in [-0.15, -0.1) is 11.3 Å². The molecule has 0 aliphatic heterocycles. The first kappa shape index (κ1) is 18.4. The fourth-order valence-electron chi connectivity index (χ4n) is 3.36. The number of ketones is 1. The van der Waals surface area contributed by atoms with Gasteiger partial charge in [-0.1, -0.05) is 24.3 Å². The molecule has 28 heavy (non-hydrogen) atoms. The number of thiazole rings is 1. The van der Waals surface area contributed by atoms with E-state index in [0.29, 0.717) is 12.0 Å². The first-order chi connectivity index (χ1) is 13.5. The molecule has 140 valence electrons. The largest absolute Gasteiger partial charge is 0.297 e. The highest BCUT2D eigenvalue weighted by atomic mass is 32.1. The van der Waals surface area contributed by atoms with Crippen molar-refractivity contribution in [3.05, 3.63) is 75.9 Å². The van der Waals surface area contributed by atoms with Gasteiger partial charge < -0.3 is 0 Å². The Kier molecular flexibility index (Phi) is 4.73. The van der Waals surface area contributed by atoms with Gasteiger partial charge in [0.1, 0.15) is 22.5 Å². The first-order valence-electron chi connectivity index (χ1n) is 8.58. The van der Waals surface area contributed by atoms with Crippen molar-refractivity contribution in [1.29, 1.82) is 5.26 Å². The van der Waals surface area contributed by atoms with Crippen LogP contribution >= 0.6 is 11.3 Å². The number of carbonyl (C=O) groups excluding carboxylic acids is 1. The summed E-state index contributed by atoms with van der Waals surface area (Å²) in [5, 5.41) is 11.1. The molecule has 0 spiro atoms. The average Bonchev–Trinajstić information content (AvgIpc) is 3.33. The van der Waals surface area contributed by atoms with E-state index in [9.17, 15) is 23.2 Å². The van der Waals surface area contributed by atoms with Crippen LogP contribution in [0.1, 0.15) is 28.8 Å². The molecule has 0 saturated heterocycles. The summed E-state index contributed by atoms with van der Waals surface area (Å²) in [6.07, 6.45) is 0.470. The number of halogens is 3. The third-order valence-electron chi connectivity index (χ3n) is 4.86. The molecule has 1 aliphatic rings. The van der Waals surface area contributed by atoms with Crippen molar-refractivity contribution >= 4 is 17.1 Å². The minimum atomic E-state index is -1.14. The molecule has 4 rings (SSSR count). The summed E-state index contributed by atoms with van der Waals surface area (Å²) in [6.45, 7) is 0. The van der Waals surface area contributed by atoms with Crippen molar-refractivity contribution in [3.8, 4) is 17.3 Å². The van der Waals surface area contributed by atoms with Gasteiger partial charge in [0.25, 0.3) is 0 Å². The Hall–Kier alpha value is -2.98. The molecule has 0 N–H and O–H groups in total. The Morgan fingerprint density at radius 1 is 1.11 bits per heavy atom. The smallest absolute Gasteiger partial charge is 0.160 e. The monoisotopic (exact) mass is 398 g/mol. The van der Waals surface area contributed by atoms with Crippen LogP contribution in [0.25, 0.3) is 11.3 Å². The van der Waals surface area contributed by atoms with Crippen LogP contribution in [-0.4, -0.2) is 10.8 Å². The minimum Gasteiger partial charge on any atom is -0.297 e. The molecule has 1 aromatic heterocycles. The van der Waals surface area contributed by atoms with Gasteiger partial charge in [0.2, 0.25) is 0 Å². The van der Waals surface area contributed by atoms with E-state index in [-0.39, 0.29) is 33.8 Å². The number of carbonyl (C=O) groups is 1. The van der Waals surface area contributed by atoms with Gasteiger partial charge in [-0.3, -0.25) is 4.79 Å². The highest BCUT2D eigenvalue weighted by Crippen LogP contribution is 2.51. The third kappa shape index (κ3) is 3.20. The van der Waals surface area contributed by atoms with E-state index >= 15 is 0 Å². The van der Waals surface area contributed by atoms with Crippen LogP contribution in [0.15, 0.2) is 47.8 Å². The van der Waals surface area contributed by atoms with E-state index in [0.717, 1.165) is 23.5 Å². The molecular weight excluding hydrogens is 385 g/mol. The minimum absolute atomic E-state index is 0.0464. The van der Waals surface area contributed by atoms with Crippen molar-refractivity contribution in [1.82, 2.24) is 4.98 Å². The molecule has 1 aliphatic carbocycles. The van der Waals surface area contributed by atoms with E-state index < -0.39 is 23.5 Å². The highest BCUT2D eigenvalue weighted by Gasteiger charge is 2.48. The first-order valence-corrected chi connectivity index (χ1v) is 9.46. The van der Waals surface area contributed by atoms with E-state index in [4.69, 9.17) is 0 Å². The molecule has 1 saturated carbocycles. The van der Waals surface area contributed by atoms with Crippen LogP contribution in [0.3, 0.4) is 0 Å². The summed E-state index contributed by atoms with van der Waals surface area (Å²) in [6, 6.07) is 11.7. The Labute approximate surface area is 163 Å². The van der Waals surface area contributed by atoms with E-state index in [1.807, 2.05) is 6.07 Å². The normalized spacial score (nSPS) is 19.1. The molecule has 0 amide bonds. The summed E-state index contributed by atoms with van der Waals surface area (Å²) < 4.78 is 41.9. The second-order valence-electron chi connectivity index (χ2n) is 6.60. The Balaban J connectivity index is 1.58. The van der Waals surface area contributed by atoms with Crippen LogP contribution in [0.2, 0.25) is 0 Å². The van der Waals surface area contributed by atoms with Crippen molar-refractivity contribution in [3.63, 3.8) is 0 Å². The molecule has 1 fully saturated rings. The lowest BCUT2D eigenvalue weighted by Gasteiger charge is -2.06. The maximum atomic E-state index is 14.0. The summed E-state index contributed by atoms with van der Waals surface area (Å²) in [7, 11) is 0. The number of Topliss-reactive ketones (excluding diaryl/α,β-unsaturated/α-hetero) is 1. The van der Waals surface area contributed by atoms with Gasteiger partial charge in [0.05, 0.1) is 17.3 Å². The number of rotatable bonds is 5.